The largest absolute Gasteiger partial charge is 0.256 e. The molecule has 0 N–H and O–H groups in total. The summed E-state index contributed by atoms with van der Waals surface area (Å²) in [5, 5.41) is 1.02. The first-order valence-electron chi connectivity index (χ1n) is 9.36. The fourth-order valence-electron chi connectivity index (χ4n) is 3.88. The topological polar surface area (TPSA) is 12.9 Å². The van der Waals surface area contributed by atoms with Crippen LogP contribution in [-0.4, -0.2) is 4.98 Å². The lowest BCUT2D eigenvalue weighted by Gasteiger charge is -2.13. The van der Waals surface area contributed by atoms with Crippen LogP contribution in [0.25, 0.3) is 39.2 Å². The van der Waals surface area contributed by atoms with Crippen molar-refractivity contribution in [2.24, 2.45) is 0 Å². The molecule has 0 fully saturated rings. The maximum Gasteiger partial charge on any atom is 0.124 e. The van der Waals surface area contributed by atoms with Crippen molar-refractivity contribution in [3.8, 4) is 22.3 Å². The summed E-state index contributed by atoms with van der Waals surface area (Å²) in [5.41, 5.74) is 9.31. The van der Waals surface area contributed by atoms with E-state index in [1.54, 1.807) is 12.1 Å². The van der Waals surface area contributed by atoms with Crippen LogP contribution in [0.5, 0.6) is 0 Å². The first-order chi connectivity index (χ1) is 13.4. The second-order valence-corrected chi connectivity index (χ2v) is 7.42. The molecule has 0 saturated heterocycles. The number of pyridine rings is 1. The molecule has 0 aliphatic heterocycles. The van der Waals surface area contributed by atoms with Crippen molar-refractivity contribution in [3.63, 3.8) is 0 Å². The van der Waals surface area contributed by atoms with E-state index in [2.05, 4.69) is 49.7 Å². The third-order valence-electron chi connectivity index (χ3n) is 5.02. The number of hydrogen-bond acceptors (Lipinski definition) is 1. The van der Waals surface area contributed by atoms with E-state index in [4.69, 9.17) is 0 Å². The molecular weight excluding hydrogens is 345 g/mol. The van der Waals surface area contributed by atoms with Crippen LogP contribution >= 0.6 is 0 Å². The minimum absolute atomic E-state index is 0.221. The first-order valence-corrected chi connectivity index (χ1v) is 9.36. The molecule has 0 unspecified atom stereocenters. The van der Waals surface area contributed by atoms with Gasteiger partial charge in [-0.15, -0.1) is 0 Å². The van der Waals surface area contributed by atoms with Crippen LogP contribution in [0.4, 0.5) is 4.39 Å². The van der Waals surface area contributed by atoms with Crippen molar-refractivity contribution in [3.05, 3.63) is 95.4 Å². The van der Waals surface area contributed by atoms with Gasteiger partial charge in [-0.3, -0.25) is 4.98 Å². The Labute approximate surface area is 165 Å². The monoisotopic (exact) mass is 367 g/mol. The van der Waals surface area contributed by atoms with Crippen LogP contribution < -0.4 is 0 Å². The molecule has 4 rings (SSSR count). The van der Waals surface area contributed by atoms with E-state index in [1.807, 2.05) is 37.4 Å². The van der Waals surface area contributed by atoms with Gasteiger partial charge in [0.15, 0.2) is 0 Å². The fourth-order valence-corrected chi connectivity index (χ4v) is 3.88. The summed E-state index contributed by atoms with van der Waals surface area (Å²) in [4.78, 5) is 4.67. The van der Waals surface area contributed by atoms with E-state index in [1.165, 1.54) is 11.1 Å². The summed E-state index contributed by atoms with van der Waals surface area (Å²) in [7, 11) is 0. The molecule has 2 heteroatoms. The second-order valence-electron chi connectivity index (χ2n) is 7.42. The maximum atomic E-state index is 13.9. The van der Waals surface area contributed by atoms with E-state index in [0.717, 1.165) is 44.3 Å². The first kappa shape index (κ1) is 18.1. The van der Waals surface area contributed by atoms with Crippen molar-refractivity contribution in [1.29, 1.82) is 0 Å². The smallest absolute Gasteiger partial charge is 0.124 e. The molecule has 1 aromatic heterocycles. The van der Waals surface area contributed by atoms with E-state index in [0.29, 0.717) is 0 Å². The van der Waals surface area contributed by atoms with Gasteiger partial charge in [0.1, 0.15) is 5.82 Å². The van der Waals surface area contributed by atoms with Gasteiger partial charge >= 0.3 is 0 Å². The molecule has 4 aromatic rings. The number of fused-ring (bicyclic) bond motifs is 1. The van der Waals surface area contributed by atoms with E-state index >= 15 is 0 Å². The molecular formula is C26H22FN. The van der Waals surface area contributed by atoms with E-state index in [-0.39, 0.29) is 5.82 Å². The minimum Gasteiger partial charge on any atom is -0.256 e. The Morgan fingerprint density at radius 3 is 2.14 bits per heavy atom. The normalized spacial score (nSPS) is 11.0. The molecule has 1 heterocycles. The highest BCUT2D eigenvalue weighted by Gasteiger charge is 2.11. The average molecular weight is 367 g/mol. The zero-order valence-electron chi connectivity index (χ0n) is 16.4. The van der Waals surface area contributed by atoms with Crippen molar-refractivity contribution in [2.45, 2.75) is 20.8 Å². The molecule has 0 bridgehead atoms. The number of hydrogen-bond donors (Lipinski definition) is 0. The highest BCUT2D eigenvalue weighted by molar-refractivity contribution is 5.97. The molecule has 1 nitrogen and oxygen atoms in total. The molecule has 3 aromatic carbocycles. The highest BCUT2D eigenvalue weighted by Crippen LogP contribution is 2.33. The third-order valence-corrected chi connectivity index (χ3v) is 5.02. The van der Waals surface area contributed by atoms with Gasteiger partial charge in [-0.2, -0.15) is 0 Å². The van der Waals surface area contributed by atoms with Crippen LogP contribution in [0.15, 0.2) is 67.4 Å². The lowest BCUT2D eigenvalue weighted by molar-refractivity contribution is 0.627. The molecule has 0 spiro atoms. The average Bonchev–Trinajstić information content (AvgIpc) is 2.65. The standard InChI is InChI=1S/C26H22FN/c1-5-23-24-14-19(20-9-18(4)12-22(27)13-20)6-7-26(24)28-15-25(23)21-10-16(2)8-17(3)11-21/h5-15H,1H2,2-4H3. The predicted octanol–water partition coefficient (Wildman–Crippen LogP) is 7.28. The zero-order valence-corrected chi connectivity index (χ0v) is 16.4. The summed E-state index contributed by atoms with van der Waals surface area (Å²) in [6.07, 6.45) is 3.80. The van der Waals surface area contributed by atoms with Crippen LogP contribution in [0.2, 0.25) is 0 Å². The van der Waals surface area contributed by atoms with Crippen molar-refractivity contribution in [1.82, 2.24) is 4.98 Å². The Balaban J connectivity index is 1.96. The molecule has 0 aliphatic rings. The summed E-state index contributed by atoms with van der Waals surface area (Å²) in [6.45, 7) is 10.2. The molecule has 138 valence electrons. The summed E-state index contributed by atoms with van der Waals surface area (Å²) in [5.74, 6) is -0.221. The summed E-state index contributed by atoms with van der Waals surface area (Å²) >= 11 is 0. The van der Waals surface area contributed by atoms with Crippen LogP contribution in [-0.2, 0) is 0 Å². The van der Waals surface area contributed by atoms with Gasteiger partial charge in [-0.05, 0) is 72.9 Å². The zero-order chi connectivity index (χ0) is 19.8. The van der Waals surface area contributed by atoms with Gasteiger partial charge in [0.05, 0.1) is 5.52 Å². The fraction of sp³-hybridized carbons (Fsp3) is 0.115. The third kappa shape index (κ3) is 3.34. The number of rotatable bonds is 3. The van der Waals surface area contributed by atoms with Crippen molar-refractivity contribution in [2.75, 3.05) is 0 Å². The number of benzene rings is 3. The summed E-state index contributed by atoms with van der Waals surface area (Å²) < 4.78 is 13.9. The van der Waals surface area contributed by atoms with Gasteiger partial charge in [-0.1, -0.05) is 54.1 Å². The lowest BCUT2D eigenvalue weighted by atomic mass is 9.93. The number of aromatic nitrogens is 1. The molecule has 28 heavy (non-hydrogen) atoms. The minimum atomic E-state index is -0.221. The summed E-state index contributed by atoms with van der Waals surface area (Å²) in [6, 6.07) is 17.7. The second kappa shape index (κ2) is 7.05. The SMILES string of the molecule is C=Cc1c(-c2cc(C)cc(C)c2)cnc2ccc(-c3cc(C)cc(F)c3)cc12. The molecule has 0 aliphatic carbocycles. The van der Waals surface area contributed by atoms with Crippen LogP contribution in [0, 0.1) is 26.6 Å². The predicted molar refractivity (Wildman–Crippen MR) is 117 cm³/mol. The van der Waals surface area contributed by atoms with E-state index < -0.39 is 0 Å². The van der Waals surface area contributed by atoms with Crippen molar-refractivity contribution < 1.29 is 4.39 Å². The Hall–Kier alpha value is -3.26. The molecule has 0 radical (unpaired) electrons. The van der Waals surface area contributed by atoms with Gasteiger partial charge in [0.2, 0.25) is 0 Å². The van der Waals surface area contributed by atoms with Gasteiger partial charge in [0, 0.05) is 17.1 Å². The lowest BCUT2D eigenvalue weighted by Crippen LogP contribution is -1.92. The van der Waals surface area contributed by atoms with Gasteiger partial charge in [-0.25, -0.2) is 4.39 Å². The quantitative estimate of drug-likeness (QED) is 0.371. The highest BCUT2D eigenvalue weighted by atomic mass is 19.1. The van der Waals surface area contributed by atoms with Gasteiger partial charge < -0.3 is 0 Å². The maximum absolute atomic E-state index is 13.9. The number of aryl methyl sites for hydroxylation is 3. The van der Waals surface area contributed by atoms with Crippen molar-refractivity contribution >= 4 is 17.0 Å². The Morgan fingerprint density at radius 1 is 0.786 bits per heavy atom. The van der Waals surface area contributed by atoms with E-state index in [9.17, 15) is 4.39 Å². The number of nitrogens with zero attached hydrogens (tertiary/aromatic N) is 1. The molecule has 0 saturated carbocycles. The number of halogens is 1. The van der Waals surface area contributed by atoms with Gasteiger partial charge in [0.25, 0.3) is 0 Å². The van der Waals surface area contributed by atoms with Crippen LogP contribution in [0.3, 0.4) is 0 Å². The molecule has 0 atom stereocenters. The Kier molecular flexibility index (Phi) is 4.56. The Morgan fingerprint density at radius 2 is 1.46 bits per heavy atom. The Bertz CT molecular complexity index is 1180. The van der Waals surface area contributed by atoms with Crippen LogP contribution in [0.1, 0.15) is 22.3 Å². The molecule has 0 amide bonds.